The number of benzene rings is 2. The minimum absolute atomic E-state index is 0. The lowest BCUT2D eigenvalue weighted by molar-refractivity contribution is -0.144. The van der Waals surface area contributed by atoms with Crippen molar-refractivity contribution in [1.82, 2.24) is 15.1 Å². The molecule has 2 aromatic carbocycles. The molecule has 3 aliphatic rings. The predicted molar refractivity (Wildman–Crippen MR) is 159 cm³/mol. The van der Waals surface area contributed by atoms with E-state index in [1.165, 1.54) is 11.3 Å². The van der Waals surface area contributed by atoms with E-state index in [4.69, 9.17) is 19.6 Å². The summed E-state index contributed by atoms with van der Waals surface area (Å²) in [5, 5.41) is 11.4. The number of halogens is 1. The summed E-state index contributed by atoms with van der Waals surface area (Å²) in [5.41, 5.74) is 2.47. The molecule has 2 N–H and O–H groups in total. The molecule has 3 heterocycles. The van der Waals surface area contributed by atoms with Gasteiger partial charge in [0.25, 0.3) is 0 Å². The number of fused-ring (bicyclic) bond motifs is 1. The van der Waals surface area contributed by atoms with Crippen LogP contribution in [0.1, 0.15) is 49.8 Å². The number of rotatable bonds is 9. The van der Waals surface area contributed by atoms with Crippen LogP contribution in [0.15, 0.2) is 42.5 Å². The molecule has 0 aromatic heterocycles. The molecule has 0 aliphatic carbocycles. The standard InChI is InChI=1S/C30H37N5O6.ClH/c1-2-39-29(38)17-24(22-8-11-25-26(16-22)41-20-40-25)32-27(36)18-35-15-14-34(19-28(35)37)23-9-6-21(7-10-23)30(31)33-12-4-3-5-13-33;/h6-11,16,24,31H,2-5,12-15,17-20H2,1H3,(H,32,36);1H. The van der Waals surface area contributed by atoms with Gasteiger partial charge in [-0.05, 0) is 68.1 Å². The van der Waals surface area contributed by atoms with Crippen LogP contribution in [-0.4, -0.2) is 86.1 Å². The normalized spacial score (nSPS) is 16.9. The number of hydrogen-bond acceptors (Lipinski definition) is 8. The van der Waals surface area contributed by atoms with Gasteiger partial charge in [0, 0.05) is 37.4 Å². The highest BCUT2D eigenvalue weighted by molar-refractivity contribution is 5.97. The van der Waals surface area contributed by atoms with E-state index in [0.29, 0.717) is 36.0 Å². The van der Waals surface area contributed by atoms with Crippen molar-refractivity contribution in [2.75, 3.05) is 57.6 Å². The van der Waals surface area contributed by atoms with Gasteiger partial charge in [0.2, 0.25) is 18.6 Å². The summed E-state index contributed by atoms with van der Waals surface area (Å²) in [6.45, 7) is 4.95. The first-order chi connectivity index (χ1) is 19.9. The Kier molecular flexibility index (Phi) is 10.5. The van der Waals surface area contributed by atoms with Gasteiger partial charge < -0.3 is 34.2 Å². The van der Waals surface area contributed by atoms with Crippen molar-refractivity contribution in [2.45, 2.75) is 38.6 Å². The van der Waals surface area contributed by atoms with Crippen molar-refractivity contribution in [1.29, 1.82) is 5.41 Å². The van der Waals surface area contributed by atoms with Gasteiger partial charge in [-0.15, -0.1) is 12.4 Å². The summed E-state index contributed by atoms with van der Waals surface area (Å²) in [4.78, 5) is 44.0. The van der Waals surface area contributed by atoms with Crippen LogP contribution in [0, 0.1) is 5.41 Å². The van der Waals surface area contributed by atoms with E-state index in [9.17, 15) is 14.4 Å². The van der Waals surface area contributed by atoms with Crippen molar-refractivity contribution < 1.29 is 28.6 Å². The Bertz CT molecular complexity index is 1280. The van der Waals surface area contributed by atoms with Crippen LogP contribution in [0.3, 0.4) is 0 Å². The number of carbonyl (C=O) groups excluding carboxylic acids is 3. The van der Waals surface area contributed by atoms with E-state index < -0.39 is 12.0 Å². The number of amides is 2. The SMILES string of the molecule is CCOC(=O)CC(NC(=O)CN1CCN(c2ccc(C(=N)N3CCCCC3)cc2)CC1=O)c1ccc2c(c1)OCO2.Cl. The van der Waals surface area contributed by atoms with E-state index in [1.54, 1.807) is 25.1 Å². The lowest BCUT2D eigenvalue weighted by Crippen LogP contribution is -2.53. The van der Waals surface area contributed by atoms with Crippen molar-refractivity contribution in [3.05, 3.63) is 53.6 Å². The van der Waals surface area contributed by atoms with E-state index >= 15 is 0 Å². The van der Waals surface area contributed by atoms with Gasteiger partial charge in [-0.2, -0.15) is 0 Å². The fourth-order valence-corrected chi connectivity index (χ4v) is 5.41. The number of nitrogens with one attached hydrogen (secondary N) is 2. The summed E-state index contributed by atoms with van der Waals surface area (Å²) >= 11 is 0. The molecule has 1 unspecified atom stereocenters. The third kappa shape index (κ3) is 7.44. The van der Waals surface area contributed by atoms with E-state index in [0.717, 1.165) is 37.2 Å². The Morgan fingerprint density at radius 3 is 2.45 bits per heavy atom. The lowest BCUT2D eigenvalue weighted by Gasteiger charge is -2.35. The number of amidine groups is 1. The predicted octanol–water partition coefficient (Wildman–Crippen LogP) is 3.11. The molecule has 226 valence electrons. The smallest absolute Gasteiger partial charge is 0.308 e. The molecule has 0 saturated carbocycles. The van der Waals surface area contributed by atoms with Crippen LogP contribution >= 0.6 is 12.4 Å². The summed E-state index contributed by atoms with van der Waals surface area (Å²) in [7, 11) is 0. The average molecular weight is 600 g/mol. The third-order valence-electron chi connectivity index (χ3n) is 7.64. The number of hydrogen-bond donors (Lipinski definition) is 2. The molecular formula is C30H38ClN5O6. The minimum Gasteiger partial charge on any atom is -0.466 e. The van der Waals surface area contributed by atoms with Crippen LogP contribution in [0.4, 0.5) is 5.69 Å². The Morgan fingerprint density at radius 1 is 1.00 bits per heavy atom. The number of ether oxygens (including phenoxy) is 3. The fourth-order valence-electron chi connectivity index (χ4n) is 5.41. The monoisotopic (exact) mass is 599 g/mol. The summed E-state index contributed by atoms with van der Waals surface area (Å²) in [6, 6.07) is 12.4. The van der Waals surface area contributed by atoms with Gasteiger partial charge in [0.15, 0.2) is 11.5 Å². The lowest BCUT2D eigenvalue weighted by atomic mass is 10.0. The molecular weight excluding hydrogens is 562 g/mol. The van der Waals surface area contributed by atoms with Gasteiger partial charge in [-0.1, -0.05) is 6.07 Å². The fraction of sp³-hybridized carbons (Fsp3) is 0.467. The first-order valence-corrected chi connectivity index (χ1v) is 14.2. The largest absolute Gasteiger partial charge is 0.466 e. The molecule has 2 aromatic rings. The molecule has 2 fully saturated rings. The molecule has 12 heteroatoms. The van der Waals surface area contributed by atoms with E-state index in [1.807, 2.05) is 29.2 Å². The Hall–Kier alpha value is -3.99. The zero-order chi connectivity index (χ0) is 28.8. The number of carbonyl (C=O) groups is 3. The highest BCUT2D eigenvalue weighted by atomic mass is 35.5. The Morgan fingerprint density at radius 2 is 1.74 bits per heavy atom. The maximum absolute atomic E-state index is 13.0. The zero-order valence-corrected chi connectivity index (χ0v) is 24.6. The van der Waals surface area contributed by atoms with Crippen molar-refractivity contribution >= 4 is 41.7 Å². The van der Waals surface area contributed by atoms with Gasteiger partial charge in [-0.3, -0.25) is 19.8 Å². The maximum atomic E-state index is 13.0. The van der Waals surface area contributed by atoms with Crippen LogP contribution in [0.2, 0.25) is 0 Å². The number of piperazine rings is 1. The molecule has 5 rings (SSSR count). The molecule has 42 heavy (non-hydrogen) atoms. The number of likely N-dealkylation sites (tertiary alicyclic amines) is 1. The van der Waals surface area contributed by atoms with Crippen molar-refractivity contribution in [3.63, 3.8) is 0 Å². The van der Waals surface area contributed by atoms with Crippen LogP contribution in [0.25, 0.3) is 0 Å². The number of nitrogens with zero attached hydrogens (tertiary/aromatic N) is 3. The van der Waals surface area contributed by atoms with Crippen LogP contribution < -0.4 is 19.7 Å². The number of anilines is 1. The van der Waals surface area contributed by atoms with E-state index in [2.05, 4.69) is 10.2 Å². The Balaban J connectivity index is 0.00000405. The molecule has 0 radical (unpaired) electrons. The summed E-state index contributed by atoms with van der Waals surface area (Å²) in [5.74, 6) is 0.755. The highest BCUT2D eigenvalue weighted by Crippen LogP contribution is 2.35. The molecule has 3 aliphatic heterocycles. The molecule has 1 atom stereocenters. The van der Waals surface area contributed by atoms with Gasteiger partial charge in [0.05, 0.1) is 32.2 Å². The highest BCUT2D eigenvalue weighted by Gasteiger charge is 2.28. The molecule has 2 saturated heterocycles. The second-order valence-electron chi connectivity index (χ2n) is 10.4. The van der Waals surface area contributed by atoms with Gasteiger partial charge in [0.1, 0.15) is 5.84 Å². The van der Waals surface area contributed by atoms with Crippen LogP contribution in [-0.2, 0) is 19.1 Å². The topological polar surface area (TPSA) is 124 Å². The quantitative estimate of drug-likeness (QED) is 0.256. The first kappa shape index (κ1) is 31.0. The van der Waals surface area contributed by atoms with Crippen molar-refractivity contribution in [3.8, 4) is 11.5 Å². The third-order valence-corrected chi connectivity index (χ3v) is 7.64. The van der Waals surface area contributed by atoms with Gasteiger partial charge in [-0.25, -0.2) is 0 Å². The molecule has 0 spiro atoms. The second-order valence-corrected chi connectivity index (χ2v) is 10.4. The minimum atomic E-state index is -0.644. The number of piperidine rings is 1. The van der Waals surface area contributed by atoms with Crippen molar-refractivity contribution in [2.24, 2.45) is 0 Å². The molecule has 2 amide bonds. The van der Waals surface area contributed by atoms with Crippen LogP contribution in [0.5, 0.6) is 11.5 Å². The Labute approximate surface area is 252 Å². The number of esters is 1. The van der Waals surface area contributed by atoms with Gasteiger partial charge >= 0.3 is 5.97 Å². The summed E-state index contributed by atoms with van der Waals surface area (Å²) < 4.78 is 15.9. The average Bonchev–Trinajstić information content (AvgIpc) is 3.46. The molecule has 11 nitrogen and oxygen atoms in total. The first-order valence-electron chi connectivity index (χ1n) is 14.2. The second kappa shape index (κ2) is 14.3. The maximum Gasteiger partial charge on any atom is 0.308 e. The molecule has 0 bridgehead atoms. The summed E-state index contributed by atoms with van der Waals surface area (Å²) in [6.07, 6.45) is 3.41. The zero-order valence-electron chi connectivity index (χ0n) is 23.8. The van der Waals surface area contributed by atoms with E-state index in [-0.39, 0.29) is 57.1 Å².